The number of benzene rings is 1. The number of hydrogen-bond donors (Lipinski definition) is 1. The predicted octanol–water partition coefficient (Wildman–Crippen LogP) is 1.65. The van der Waals surface area contributed by atoms with Gasteiger partial charge < -0.3 is 9.88 Å². The normalized spacial score (nSPS) is 18.2. The van der Waals surface area contributed by atoms with E-state index in [1.165, 1.54) is 29.7 Å². The number of hydrogen-bond acceptors (Lipinski definition) is 4. The Hall–Kier alpha value is -1.88. The summed E-state index contributed by atoms with van der Waals surface area (Å²) in [6.07, 6.45) is 4.27. The van der Waals surface area contributed by atoms with E-state index in [4.69, 9.17) is 0 Å². The van der Waals surface area contributed by atoms with Crippen LogP contribution in [0.4, 0.5) is 5.69 Å². The number of nitrogens with one attached hydrogen (secondary N) is 1. The van der Waals surface area contributed by atoms with Crippen molar-refractivity contribution in [3.63, 3.8) is 0 Å². The van der Waals surface area contributed by atoms with Crippen LogP contribution in [0.25, 0.3) is 0 Å². The van der Waals surface area contributed by atoms with Crippen LogP contribution < -0.4 is 5.32 Å². The molecule has 2 aliphatic rings. The smallest absolute Gasteiger partial charge is 0.147 e. The lowest BCUT2D eigenvalue weighted by Crippen LogP contribution is -2.33. The van der Waals surface area contributed by atoms with Crippen molar-refractivity contribution in [3.8, 4) is 0 Å². The third-order valence-electron chi connectivity index (χ3n) is 4.30. The molecule has 0 spiro atoms. The molecule has 5 nitrogen and oxygen atoms in total. The van der Waals surface area contributed by atoms with Crippen molar-refractivity contribution < 1.29 is 0 Å². The zero-order chi connectivity index (χ0) is 13.4. The molecule has 2 aromatic rings. The van der Waals surface area contributed by atoms with Gasteiger partial charge in [-0.15, -0.1) is 10.2 Å². The largest absolute Gasteiger partial charge is 0.385 e. The summed E-state index contributed by atoms with van der Waals surface area (Å²) < 4.78 is 2.15. The van der Waals surface area contributed by atoms with Gasteiger partial charge >= 0.3 is 0 Å². The molecule has 0 fully saturated rings. The Morgan fingerprint density at radius 3 is 3.25 bits per heavy atom. The highest BCUT2D eigenvalue weighted by molar-refractivity contribution is 5.56. The molecule has 0 saturated carbocycles. The lowest BCUT2D eigenvalue weighted by atomic mass is 9.97. The summed E-state index contributed by atoms with van der Waals surface area (Å²) in [5, 5.41) is 11.7. The van der Waals surface area contributed by atoms with Gasteiger partial charge in [0.25, 0.3) is 0 Å². The van der Waals surface area contributed by atoms with E-state index in [9.17, 15) is 0 Å². The van der Waals surface area contributed by atoms with Gasteiger partial charge in [-0.2, -0.15) is 0 Å². The predicted molar refractivity (Wildman–Crippen MR) is 77.4 cm³/mol. The highest BCUT2D eigenvalue weighted by Gasteiger charge is 2.19. The number of fused-ring (bicyclic) bond motifs is 2. The van der Waals surface area contributed by atoms with Gasteiger partial charge in [0.15, 0.2) is 0 Å². The van der Waals surface area contributed by atoms with E-state index in [0.717, 1.165) is 38.5 Å². The summed E-state index contributed by atoms with van der Waals surface area (Å²) in [4.78, 5) is 2.47. The Balaban J connectivity index is 1.55. The summed E-state index contributed by atoms with van der Waals surface area (Å²) >= 11 is 0. The average molecular weight is 269 g/mol. The van der Waals surface area contributed by atoms with Crippen LogP contribution in [0.3, 0.4) is 0 Å². The summed E-state index contributed by atoms with van der Waals surface area (Å²) in [5.41, 5.74) is 4.29. The van der Waals surface area contributed by atoms with Gasteiger partial charge in [0, 0.05) is 31.9 Å². The van der Waals surface area contributed by atoms with E-state index in [1.807, 2.05) is 6.33 Å². The minimum Gasteiger partial charge on any atom is -0.385 e. The van der Waals surface area contributed by atoms with Crippen molar-refractivity contribution in [2.45, 2.75) is 32.5 Å². The molecule has 0 saturated heterocycles. The monoisotopic (exact) mass is 269 g/mol. The second kappa shape index (κ2) is 4.90. The van der Waals surface area contributed by atoms with Crippen LogP contribution in [0, 0.1) is 0 Å². The van der Waals surface area contributed by atoms with E-state index in [1.54, 1.807) is 0 Å². The van der Waals surface area contributed by atoms with E-state index in [0.29, 0.717) is 0 Å². The SMILES string of the molecule is c1cc(CN2CCn3cnnc3C2)c2c(c1)NCCC2. The molecule has 0 radical (unpaired) electrons. The first-order valence-corrected chi connectivity index (χ1v) is 7.34. The number of rotatable bonds is 2. The van der Waals surface area contributed by atoms with Gasteiger partial charge in [0.1, 0.15) is 12.2 Å². The molecule has 0 atom stereocenters. The first-order chi connectivity index (χ1) is 9.90. The number of anilines is 1. The third-order valence-corrected chi connectivity index (χ3v) is 4.30. The molecular weight excluding hydrogens is 250 g/mol. The van der Waals surface area contributed by atoms with E-state index >= 15 is 0 Å². The Labute approximate surface area is 118 Å². The molecule has 0 bridgehead atoms. The molecule has 5 heteroatoms. The summed E-state index contributed by atoms with van der Waals surface area (Å²) in [5.74, 6) is 1.08. The minimum absolute atomic E-state index is 0.900. The second-order valence-electron chi connectivity index (χ2n) is 5.62. The minimum atomic E-state index is 0.900. The third kappa shape index (κ3) is 2.08. The van der Waals surface area contributed by atoms with Gasteiger partial charge in [0.05, 0.1) is 6.54 Å². The van der Waals surface area contributed by atoms with Gasteiger partial charge in [-0.25, -0.2) is 0 Å². The molecule has 0 amide bonds. The number of nitrogens with zero attached hydrogens (tertiary/aromatic N) is 4. The maximum Gasteiger partial charge on any atom is 0.147 e. The standard InChI is InChI=1S/C15H19N5/c1-3-12(13-4-2-6-16-14(13)5-1)9-19-7-8-20-11-17-18-15(20)10-19/h1,3,5,11,16H,2,4,6-10H2. The molecule has 20 heavy (non-hydrogen) atoms. The molecule has 4 rings (SSSR count). The summed E-state index contributed by atoms with van der Waals surface area (Å²) in [7, 11) is 0. The molecule has 3 heterocycles. The molecule has 1 aromatic heterocycles. The lowest BCUT2D eigenvalue weighted by molar-refractivity contribution is 0.208. The van der Waals surface area contributed by atoms with Crippen molar-refractivity contribution in [1.29, 1.82) is 0 Å². The topological polar surface area (TPSA) is 46.0 Å². The Bertz CT molecular complexity index is 618. The lowest BCUT2D eigenvalue weighted by Gasteiger charge is -2.29. The zero-order valence-electron chi connectivity index (χ0n) is 11.5. The molecular formula is C15H19N5. The Morgan fingerprint density at radius 2 is 2.25 bits per heavy atom. The van der Waals surface area contributed by atoms with Crippen LogP contribution in [0.1, 0.15) is 23.4 Å². The highest BCUT2D eigenvalue weighted by atomic mass is 15.3. The van der Waals surface area contributed by atoms with Crippen LogP contribution in [0.5, 0.6) is 0 Å². The van der Waals surface area contributed by atoms with Crippen LogP contribution >= 0.6 is 0 Å². The van der Waals surface area contributed by atoms with Gasteiger partial charge in [-0.3, -0.25) is 4.90 Å². The molecule has 0 unspecified atom stereocenters. The van der Waals surface area contributed by atoms with Crippen molar-refractivity contribution in [1.82, 2.24) is 19.7 Å². The van der Waals surface area contributed by atoms with Crippen molar-refractivity contribution in [2.75, 3.05) is 18.4 Å². The fourth-order valence-corrected chi connectivity index (χ4v) is 3.22. The average Bonchev–Trinajstić information content (AvgIpc) is 2.95. The van der Waals surface area contributed by atoms with Crippen LogP contribution in [-0.4, -0.2) is 32.8 Å². The van der Waals surface area contributed by atoms with E-state index < -0.39 is 0 Å². The van der Waals surface area contributed by atoms with Gasteiger partial charge in [-0.05, 0) is 30.0 Å². The maximum atomic E-state index is 4.20. The maximum absolute atomic E-state index is 4.20. The highest BCUT2D eigenvalue weighted by Crippen LogP contribution is 2.26. The molecule has 1 aromatic carbocycles. The second-order valence-corrected chi connectivity index (χ2v) is 5.62. The first kappa shape index (κ1) is 11.9. The van der Waals surface area contributed by atoms with Crippen LogP contribution in [0.15, 0.2) is 24.5 Å². The number of aromatic nitrogens is 3. The molecule has 104 valence electrons. The van der Waals surface area contributed by atoms with Gasteiger partial charge in [-0.1, -0.05) is 12.1 Å². The van der Waals surface area contributed by atoms with Crippen molar-refractivity contribution in [2.24, 2.45) is 0 Å². The molecule has 0 aliphatic carbocycles. The van der Waals surface area contributed by atoms with Gasteiger partial charge in [0.2, 0.25) is 0 Å². The fraction of sp³-hybridized carbons (Fsp3) is 0.467. The van der Waals surface area contributed by atoms with Crippen molar-refractivity contribution in [3.05, 3.63) is 41.5 Å². The van der Waals surface area contributed by atoms with Crippen LogP contribution in [0.2, 0.25) is 0 Å². The molecule has 1 N–H and O–H groups in total. The van der Waals surface area contributed by atoms with Crippen LogP contribution in [-0.2, 0) is 26.1 Å². The van der Waals surface area contributed by atoms with E-state index in [-0.39, 0.29) is 0 Å². The van der Waals surface area contributed by atoms with Crippen molar-refractivity contribution >= 4 is 5.69 Å². The summed E-state index contributed by atoms with van der Waals surface area (Å²) in [6, 6.07) is 6.63. The summed E-state index contributed by atoms with van der Waals surface area (Å²) in [6.45, 7) is 5.08. The Kier molecular flexibility index (Phi) is 2.92. The van der Waals surface area contributed by atoms with E-state index in [2.05, 4.69) is 43.2 Å². The quantitative estimate of drug-likeness (QED) is 0.900. The Morgan fingerprint density at radius 1 is 1.25 bits per heavy atom. The fourth-order valence-electron chi connectivity index (χ4n) is 3.22. The first-order valence-electron chi connectivity index (χ1n) is 7.34. The zero-order valence-corrected chi connectivity index (χ0v) is 11.5. The molecule has 2 aliphatic heterocycles.